The molecule has 0 saturated carbocycles. The second kappa shape index (κ2) is 13.0. The van der Waals surface area contributed by atoms with Crippen LogP contribution in [0.25, 0.3) is 71.7 Å². The van der Waals surface area contributed by atoms with Gasteiger partial charge in [0.25, 0.3) is 0 Å². The van der Waals surface area contributed by atoms with Crippen LogP contribution in [0.1, 0.15) is 81.2 Å². The molecule has 5 aromatic carbocycles. The van der Waals surface area contributed by atoms with E-state index in [1.54, 1.807) is 0 Å². The van der Waals surface area contributed by atoms with Crippen LogP contribution in [0.5, 0.6) is 0 Å². The molecule has 0 amide bonds. The maximum Gasteiger partial charge on any atom is 0.0538 e. The Morgan fingerprint density at radius 1 is 0.635 bits per heavy atom. The second-order valence-corrected chi connectivity index (χ2v) is 15.3. The maximum atomic E-state index is 4.27. The standard InChI is InChI=1S/C50H50N2/c1-9-12-34(6)41-22-15-36(29-35(41)7)37-16-25-48-44(30-37)42-27-32(4)13-23-46(42)51(48)39-18-20-40(21-19-39)52-47-24-14-33(5)28-43(47)45-31-38(17-26-49(45)52)50(8,10-2)11-3/h9,12-18,20,22-31H,6,10-11,19,21H2,1-5,7-8H3/b12-9-. The molecule has 0 spiro atoms. The summed E-state index contributed by atoms with van der Waals surface area (Å²) in [5.41, 5.74) is 18.0. The topological polar surface area (TPSA) is 9.86 Å². The molecule has 260 valence electrons. The highest BCUT2D eigenvalue weighted by Crippen LogP contribution is 2.42. The van der Waals surface area contributed by atoms with Crippen molar-refractivity contribution < 1.29 is 0 Å². The largest absolute Gasteiger partial charge is 0.313 e. The van der Waals surface area contributed by atoms with Gasteiger partial charge in [0.2, 0.25) is 0 Å². The van der Waals surface area contributed by atoms with Crippen LogP contribution in [0.15, 0.2) is 122 Å². The minimum absolute atomic E-state index is 0.182. The van der Waals surface area contributed by atoms with E-state index in [-0.39, 0.29) is 5.41 Å². The van der Waals surface area contributed by atoms with E-state index in [1.807, 2.05) is 6.92 Å². The quantitative estimate of drug-likeness (QED) is 0.142. The van der Waals surface area contributed by atoms with Crippen LogP contribution in [-0.2, 0) is 5.41 Å². The van der Waals surface area contributed by atoms with Gasteiger partial charge in [-0.15, -0.1) is 0 Å². The number of allylic oxidation sites excluding steroid dienone is 7. The van der Waals surface area contributed by atoms with Crippen LogP contribution < -0.4 is 0 Å². The molecule has 1 aliphatic carbocycles. The molecule has 7 aromatic rings. The van der Waals surface area contributed by atoms with Crippen LogP contribution in [0.2, 0.25) is 0 Å². The summed E-state index contributed by atoms with van der Waals surface area (Å²) >= 11 is 0. The van der Waals surface area contributed by atoms with Crippen molar-refractivity contribution in [2.24, 2.45) is 0 Å². The minimum atomic E-state index is 0.182. The van der Waals surface area contributed by atoms with Crippen LogP contribution in [0, 0.1) is 20.8 Å². The molecule has 0 fully saturated rings. The van der Waals surface area contributed by atoms with Crippen LogP contribution >= 0.6 is 0 Å². The van der Waals surface area contributed by atoms with Crippen LogP contribution in [0.3, 0.4) is 0 Å². The summed E-state index contributed by atoms with van der Waals surface area (Å²) in [5, 5.41) is 5.32. The molecule has 0 N–H and O–H groups in total. The van der Waals surface area contributed by atoms with Gasteiger partial charge in [-0.2, -0.15) is 0 Å². The van der Waals surface area contributed by atoms with E-state index in [4.69, 9.17) is 0 Å². The summed E-state index contributed by atoms with van der Waals surface area (Å²) < 4.78 is 5.04. The van der Waals surface area contributed by atoms with Crippen molar-refractivity contribution in [2.75, 3.05) is 0 Å². The smallest absolute Gasteiger partial charge is 0.0538 e. The van der Waals surface area contributed by atoms with Gasteiger partial charge in [0.05, 0.1) is 22.1 Å². The fraction of sp³-hybridized carbons (Fsp3) is 0.240. The average molecular weight is 679 g/mol. The number of benzene rings is 5. The van der Waals surface area contributed by atoms with Crippen molar-refractivity contribution in [3.8, 4) is 11.1 Å². The molecular weight excluding hydrogens is 629 g/mol. The summed E-state index contributed by atoms with van der Waals surface area (Å²) in [6.45, 7) is 19.9. The van der Waals surface area contributed by atoms with Crippen LogP contribution in [0.4, 0.5) is 0 Å². The summed E-state index contributed by atoms with van der Waals surface area (Å²) in [6.07, 6.45) is 13.1. The van der Waals surface area contributed by atoms with Gasteiger partial charge in [-0.05, 0) is 153 Å². The number of hydrogen-bond acceptors (Lipinski definition) is 0. The Morgan fingerprint density at radius 2 is 1.12 bits per heavy atom. The van der Waals surface area contributed by atoms with Gasteiger partial charge in [0.1, 0.15) is 0 Å². The molecular formula is C50H50N2. The molecule has 2 heterocycles. The van der Waals surface area contributed by atoms with E-state index in [2.05, 4.69) is 173 Å². The number of nitrogens with zero attached hydrogens (tertiary/aromatic N) is 2. The Labute approximate surface area is 309 Å². The zero-order valence-electron chi connectivity index (χ0n) is 31.9. The molecule has 52 heavy (non-hydrogen) atoms. The monoisotopic (exact) mass is 678 g/mol. The maximum absolute atomic E-state index is 4.27. The fourth-order valence-electron chi connectivity index (χ4n) is 8.59. The highest BCUT2D eigenvalue weighted by Gasteiger charge is 2.25. The summed E-state index contributed by atoms with van der Waals surface area (Å²) in [5.74, 6) is 0. The van der Waals surface area contributed by atoms with Gasteiger partial charge >= 0.3 is 0 Å². The normalized spacial score (nSPS) is 13.9. The Balaban J connectivity index is 1.24. The van der Waals surface area contributed by atoms with Crippen molar-refractivity contribution >= 4 is 60.6 Å². The predicted molar refractivity (Wildman–Crippen MR) is 228 cm³/mol. The average Bonchev–Trinajstić information content (AvgIpc) is 3.65. The Kier molecular flexibility index (Phi) is 8.45. The lowest BCUT2D eigenvalue weighted by Gasteiger charge is -2.27. The number of fused-ring (bicyclic) bond motifs is 6. The highest BCUT2D eigenvalue weighted by molar-refractivity contribution is 6.12. The lowest BCUT2D eigenvalue weighted by Crippen LogP contribution is -2.19. The summed E-state index contributed by atoms with van der Waals surface area (Å²) in [4.78, 5) is 0. The molecule has 8 rings (SSSR count). The highest BCUT2D eigenvalue weighted by atomic mass is 15.0. The fourth-order valence-corrected chi connectivity index (χ4v) is 8.59. The van der Waals surface area contributed by atoms with Crippen LogP contribution in [-0.4, -0.2) is 9.13 Å². The van der Waals surface area contributed by atoms with E-state index in [9.17, 15) is 0 Å². The van der Waals surface area contributed by atoms with Gasteiger partial charge in [-0.3, -0.25) is 0 Å². The van der Waals surface area contributed by atoms with Crippen molar-refractivity contribution in [3.05, 3.63) is 150 Å². The molecule has 0 saturated heterocycles. The first kappa shape index (κ1) is 33.8. The van der Waals surface area contributed by atoms with Gasteiger partial charge in [-0.25, -0.2) is 0 Å². The van der Waals surface area contributed by atoms with Gasteiger partial charge in [-0.1, -0.05) is 93.1 Å². The third kappa shape index (κ3) is 5.48. The lowest BCUT2D eigenvalue weighted by molar-refractivity contribution is 0.439. The Morgan fingerprint density at radius 3 is 1.63 bits per heavy atom. The van der Waals surface area contributed by atoms with E-state index in [0.717, 1.165) is 31.3 Å². The van der Waals surface area contributed by atoms with E-state index < -0.39 is 0 Å². The SMILES string of the molecule is C=C(/C=C\C)c1ccc(-c2ccc3c(c2)c2cc(C)ccc2n3C2=CC=C(n3c4ccc(C)cc4c4cc(C(C)(CC)CC)ccc43)CC2)cc1C. The Hall–Kier alpha value is -5.34. The minimum Gasteiger partial charge on any atom is -0.313 e. The zero-order chi connectivity index (χ0) is 36.3. The molecule has 0 unspecified atom stereocenters. The molecule has 1 aliphatic rings. The molecule has 0 aliphatic heterocycles. The molecule has 2 aromatic heterocycles. The second-order valence-electron chi connectivity index (χ2n) is 15.3. The number of aromatic nitrogens is 2. The van der Waals surface area contributed by atoms with Gasteiger partial charge in [0, 0.05) is 32.9 Å². The number of rotatable bonds is 8. The molecule has 2 heteroatoms. The first-order chi connectivity index (χ1) is 25.1. The first-order valence-corrected chi connectivity index (χ1v) is 19.1. The molecule has 0 radical (unpaired) electrons. The summed E-state index contributed by atoms with van der Waals surface area (Å²) in [7, 11) is 0. The van der Waals surface area contributed by atoms with Crippen molar-refractivity contribution in [3.63, 3.8) is 0 Å². The molecule has 0 atom stereocenters. The van der Waals surface area contributed by atoms with Crippen molar-refractivity contribution in [2.45, 2.75) is 79.6 Å². The third-order valence-electron chi connectivity index (χ3n) is 12.1. The molecule has 2 nitrogen and oxygen atoms in total. The van der Waals surface area contributed by atoms with Gasteiger partial charge in [0.15, 0.2) is 0 Å². The zero-order valence-corrected chi connectivity index (χ0v) is 31.9. The lowest BCUT2D eigenvalue weighted by atomic mass is 9.77. The van der Waals surface area contributed by atoms with Crippen molar-refractivity contribution in [1.29, 1.82) is 0 Å². The van der Waals surface area contributed by atoms with Gasteiger partial charge < -0.3 is 9.13 Å². The Bertz CT molecular complexity index is 2660. The van der Waals surface area contributed by atoms with Crippen molar-refractivity contribution in [1.82, 2.24) is 9.13 Å². The number of aryl methyl sites for hydroxylation is 3. The molecule has 0 bridgehead atoms. The van der Waals surface area contributed by atoms with E-state index in [1.165, 1.54) is 93.9 Å². The van der Waals surface area contributed by atoms with E-state index >= 15 is 0 Å². The third-order valence-corrected chi connectivity index (χ3v) is 12.1. The number of hydrogen-bond donors (Lipinski definition) is 0. The summed E-state index contributed by atoms with van der Waals surface area (Å²) in [6, 6.07) is 34.9. The van der Waals surface area contributed by atoms with E-state index in [0.29, 0.717) is 0 Å². The predicted octanol–water partition coefficient (Wildman–Crippen LogP) is 14.3. The first-order valence-electron chi connectivity index (χ1n) is 19.1.